The Labute approximate surface area is 174 Å². The molecular weight excluding hydrogens is 382 g/mol. The molecule has 1 N–H and O–H groups in total. The fourth-order valence-corrected chi connectivity index (χ4v) is 3.16. The van der Waals surface area contributed by atoms with Gasteiger partial charge in [-0.2, -0.15) is 0 Å². The van der Waals surface area contributed by atoms with E-state index in [1.807, 2.05) is 61.7 Å². The molecular formula is C24H18ClN3O. The molecule has 0 spiro atoms. The van der Waals surface area contributed by atoms with E-state index in [-0.39, 0.29) is 0 Å². The van der Waals surface area contributed by atoms with Gasteiger partial charge in [0.25, 0.3) is 0 Å². The average molecular weight is 400 g/mol. The summed E-state index contributed by atoms with van der Waals surface area (Å²) in [6, 6.07) is 21.1. The normalized spacial score (nSPS) is 10.5. The van der Waals surface area contributed by atoms with Crippen molar-refractivity contribution in [3.8, 4) is 28.4 Å². The maximum absolute atomic E-state index is 7.01. The molecule has 0 aliphatic carbocycles. The van der Waals surface area contributed by atoms with Crippen LogP contribution >= 0.6 is 11.6 Å². The van der Waals surface area contributed by atoms with Crippen LogP contribution in [0.1, 0.15) is 11.1 Å². The molecule has 0 fully saturated rings. The molecule has 5 heteroatoms. The first kappa shape index (κ1) is 18.8. The maximum Gasteiger partial charge on any atom is 0.187 e. The number of aryl methyl sites for hydroxylation is 1. The van der Waals surface area contributed by atoms with Gasteiger partial charge < -0.3 is 9.72 Å². The van der Waals surface area contributed by atoms with Crippen molar-refractivity contribution in [3.63, 3.8) is 0 Å². The molecule has 0 saturated carbocycles. The molecule has 0 aliphatic heterocycles. The number of imidazole rings is 1. The van der Waals surface area contributed by atoms with E-state index < -0.39 is 0 Å². The number of hydrogen-bond acceptors (Lipinski definition) is 2. The monoisotopic (exact) mass is 399 g/mol. The van der Waals surface area contributed by atoms with Crippen LogP contribution in [0.2, 0.25) is 5.02 Å². The molecule has 0 unspecified atom stereocenters. The quantitative estimate of drug-likeness (QED) is 0.373. The highest BCUT2D eigenvalue weighted by Gasteiger charge is 2.08. The van der Waals surface area contributed by atoms with Gasteiger partial charge in [-0.05, 0) is 60.5 Å². The number of rotatable bonds is 5. The number of benzene rings is 3. The lowest BCUT2D eigenvalue weighted by molar-refractivity contribution is 0.304. The molecule has 4 nitrogen and oxygen atoms in total. The summed E-state index contributed by atoms with van der Waals surface area (Å²) in [7, 11) is 0. The summed E-state index contributed by atoms with van der Waals surface area (Å²) in [5, 5.41) is 0.703. The highest BCUT2D eigenvalue weighted by Crippen LogP contribution is 2.28. The van der Waals surface area contributed by atoms with Gasteiger partial charge in [-0.3, -0.25) is 0 Å². The highest BCUT2D eigenvalue weighted by atomic mass is 35.5. The number of H-pyrrole nitrogens is 1. The standard InChI is InChI=1S/C24H18ClN3O/c1-16-13-19(22-14-27-24(28-22)18-5-8-20(25)9-6-18)7-12-23(16)29-15-17-3-10-21(26-2)11-4-17/h3-14H,15H2,1H3,(H,27,28). The molecule has 0 amide bonds. The predicted molar refractivity (Wildman–Crippen MR) is 116 cm³/mol. The SMILES string of the molecule is [C-]#[N+]c1ccc(COc2ccc(-c3cnc(-c4ccc(Cl)cc4)[nH]3)cc2C)cc1. The minimum absolute atomic E-state index is 0.462. The second-order valence-corrected chi connectivity index (χ2v) is 7.14. The summed E-state index contributed by atoms with van der Waals surface area (Å²) in [6.07, 6.45) is 1.83. The number of aromatic amines is 1. The Kier molecular flexibility index (Phi) is 5.33. The molecule has 142 valence electrons. The lowest BCUT2D eigenvalue weighted by Crippen LogP contribution is -1.97. The van der Waals surface area contributed by atoms with E-state index in [1.165, 1.54) is 0 Å². The smallest absolute Gasteiger partial charge is 0.187 e. The summed E-state index contributed by atoms with van der Waals surface area (Å²) < 4.78 is 5.96. The van der Waals surface area contributed by atoms with Gasteiger partial charge in [0.1, 0.15) is 18.2 Å². The lowest BCUT2D eigenvalue weighted by atomic mass is 10.1. The second-order valence-electron chi connectivity index (χ2n) is 6.70. The predicted octanol–water partition coefficient (Wildman–Crippen LogP) is 6.84. The fourth-order valence-electron chi connectivity index (χ4n) is 3.03. The van der Waals surface area contributed by atoms with Crippen LogP contribution in [0, 0.1) is 13.5 Å². The van der Waals surface area contributed by atoms with E-state index >= 15 is 0 Å². The third-order valence-corrected chi connectivity index (χ3v) is 4.89. The topological polar surface area (TPSA) is 42.3 Å². The van der Waals surface area contributed by atoms with E-state index in [4.69, 9.17) is 22.9 Å². The Balaban J connectivity index is 1.48. The molecule has 0 atom stereocenters. The van der Waals surface area contributed by atoms with Gasteiger partial charge in [0.05, 0.1) is 18.5 Å². The molecule has 3 aromatic carbocycles. The first-order valence-corrected chi connectivity index (χ1v) is 9.51. The van der Waals surface area contributed by atoms with Crippen LogP contribution < -0.4 is 4.74 Å². The Hall–Kier alpha value is -3.55. The van der Waals surface area contributed by atoms with Crippen molar-refractivity contribution in [1.29, 1.82) is 0 Å². The minimum Gasteiger partial charge on any atom is -0.489 e. The van der Waals surface area contributed by atoms with Gasteiger partial charge in [0.15, 0.2) is 5.69 Å². The largest absolute Gasteiger partial charge is 0.489 e. The average Bonchev–Trinajstić information content (AvgIpc) is 3.24. The van der Waals surface area contributed by atoms with Gasteiger partial charge in [-0.25, -0.2) is 9.83 Å². The molecule has 0 aliphatic rings. The molecule has 0 bridgehead atoms. The van der Waals surface area contributed by atoms with Crippen LogP contribution in [0.5, 0.6) is 5.75 Å². The number of ether oxygens (including phenoxy) is 1. The molecule has 0 radical (unpaired) electrons. The van der Waals surface area contributed by atoms with Gasteiger partial charge >= 0.3 is 0 Å². The van der Waals surface area contributed by atoms with Crippen molar-refractivity contribution < 1.29 is 4.74 Å². The van der Waals surface area contributed by atoms with Crippen LogP contribution in [0.15, 0.2) is 72.9 Å². The Morgan fingerprint density at radius 2 is 1.72 bits per heavy atom. The summed E-state index contributed by atoms with van der Waals surface area (Å²) in [5.74, 6) is 1.64. The Bertz CT molecular complexity index is 1170. The summed E-state index contributed by atoms with van der Waals surface area (Å²) in [4.78, 5) is 11.2. The Morgan fingerprint density at radius 1 is 1.00 bits per heavy atom. The van der Waals surface area contributed by atoms with Crippen molar-refractivity contribution in [2.24, 2.45) is 0 Å². The summed E-state index contributed by atoms with van der Waals surface area (Å²) >= 11 is 5.96. The molecule has 4 aromatic rings. The van der Waals surface area contributed by atoms with E-state index in [9.17, 15) is 0 Å². The molecule has 4 rings (SSSR count). The van der Waals surface area contributed by atoms with E-state index in [0.29, 0.717) is 17.3 Å². The lowest BCUT2D eigenvalue weighted by Gasteiger charge is -2.10. The van der Waals surface area contributed by atoms with Gasteiger partial charge in [0, 0.05) is 16.1 Å². The van der Waals surface area contributed by atoms with Crippen molar-refractivity contribution in [2.45, 2.75) is 13.5 Å². The zero-order valence-electron chi connectivity index (χ0n) is 15.8. The van der Waals surface area contributed by atoms with Crippen molar-refractivity contribution in [1.82, 2.24) is 9.97 Å². The number of nitrogens with one attached hydrogen (secondary N) is 1. The van der Waals surface area contributed by atoms with Crippen LogP contribution in [0.4, 0.5) is 5.69 Å². The summed E-state index contributed by atoms with van der Waals surface area (Å²) in [5.41, 5.74) is 5.68. The van der Waals surface area contributed by atoms with E-state index in [1.54, 1.807) is 12.1 Å². The number of halogens is 1. The first-order chi connectivity index (χ1) is 14.1. The number of nitrogens with zero attached hydrogens (tertiary/aromatic N) is 2. The molecule has 29 heavy (non-hydrogen) atoms. The van der Waals surface area contributed by atoms with Crippen LogP contribution in [0.25, 0.3) is 27.5 Å². The Morgan fingerprint density at radius 3 is 2.41 bits per heavy atom. The van der Waals surface area contributed by atoms with Gasteiger partial charge in [-0.1, -0.05) is 35.9 Å². The fraction of sp³-hybridized carbons (Fsp3) is 0.0833. The van der Waals surface area contributed by atoms with Gasteiger partial charge in [0.2, 0.25) is 0 Å². The third-order valence-electron chi connectivity index (χ3n) is 4.64. The van der Waals surface area contributed by atoms with Crippen molar-refractivity contribution in [3.05, 3.63) is 100 Å². The van der Waals surface area contributed by atoms with Crippen LogP contribution in [-0.2, 0) is 6.61 Å². The second kappa shape index (κ2) is 8.22. The maximum atomic E-state index is 7.01. The molecule has 0 saturated heterocycles. The van der Waals surface area contributed by atoms with Crippen molar-refractivity contribution >= 4 is 17.3 Å². The molecule has 1 heterocycles. The summed E-state index contributed by atoms with van der Waals surface area (Å²) in [6.45, 7) is 9.50. The molecule has 1 aromatic heterocycles. The zero-order valence-corrected chi connectivity index (χ0v) is 16.6. The van der Waals surface area contributed by atoms with E-state index in [2.05, 4.69) is 20.9 Å². The minimum atomic E-state index is 0.462. The first-order valence-electron chi connectivity index (χ1n) is 9.13. The third kappa shape index (κ3) is 4.31. The van der Waals surface area contributed by atoms with E-state index in [0.717, 1.165) is 39.5 Å². The van der Waals surface area contributed by atoms with Crippen LogP contribution in [-0.4, -0.2) is 9.97 Å². The van der Waals surface area contributed by atoms with Gasteiger partial charge in [-0.15, -0.1) is 0 Å². The number of aromatic nitrogens is 2. The van der Waals surface area contributed by atoms with Crippen LogP contribution in [0.3, 0.4) is 0 Å². The number of hydrogen-bond donors (Lipinski definition) is 1. The highest BCUT2D eigenvalue weighted by molar-refractivity contribution is 6.30. The zero-order chi connectivity index (χ0) is 20.2. The van der Waals surface area contributed by atoms with Crippen molar-refractivity contribution in [2.75, 3.05) is 0 Å².